The number of aliphatic hydroxyl groups is 2. The van der Waals surface area contributed by atoms with Crippen LogP contribution in [0.25, 0.3) is 0 Å². The van der Waals surface area contributed by atoms with E-state index < -0.39 is 145 Å². The summed E-state index contributed by atoms with van der Waals surface area (Å²) in [5.74, 6) is -9.03. The average Bonchev–Trinajstić information content (AvgIpc) is 3.42. The number of benzene rings is 1. The number of nitrogens with one attached hydrogen (secondary N) is 10. The first-order valence-electron chi connectivity index (χ1n) is 29.4. The third-order valence-electron chi connectivity index (χ3n) is 14.6. The molecule has 1 heterocycles. The van der Waals surface area contributed by atoms with Gasteiger partial charge in [-0.2, -0.15) is 0 Å². The molecule has 11 atom stereocenters. The molecule has 0 radical (unpaired) electrons. The van der Waals surface area contributed by atoms with E-state index in [9.17, 15) is 58.2 Å². The summed E-state index contributed by atoms with van der Waals surface area (Å²) >= 11 is 0. The first kappa shape index (κ1) is 69.9. The van der Waals surface area contributed by atoms with Crippen molar-refractivity contribution in [3.63, 3.8) is 0 Å². The van der Waals surface area contributed by atoms with Gasteiger partial charge in [-0.1, -0.05) is 102 Å². The van der Waals surface area contributed by atoms with Gasteiger partial charge in [-0.05, 0) is 103 Å². The molecule has 26 heteroatoms. The first-order valence-corrected chi connectivity index (χ1v) is 29.4. The predicted octanol–water partition coefficient (Wildman–Crippen LogP) is -2.76. The lowest BCUT2D eigenvalue weighted by molar-refractivity contribution is -0.137. The highest BCUT2D eigenvalue weighted by Crippen LogP contribution is 2.22. The summed E-state index contributed by atoms with van der Waals surface area (Å²) in [7, 11) is 0. The number of nitrogens with two attached hydrogens (primary N) is 4. The Morgan fingerprint density at radius 1 is 0.549 bits per heavy atom. The van der Waals surface area contributed by atoms with Crippen molar-refractivity contribution in [3.8, 4) is 0 Å². The SMILES string of the molecule is CC(C)C[C@@H]1NC(=O)[C@@H](Cc2ccccc2)NC(=O)[C@H](CCN)NC(=O)[C@@H](NC(=O)[C@H](CCN)NC(=O)[C@@H](NC(=O)C2CCCCCCCCCCC2)[C@@H](C)O)CCNC(=O)[C@H]([C@@H](C)O)NC(=O)[C@H](CCN)NC(=O)[C@H](CCN)NC1=O. The molecule has 0 bridgehead atoms. The molecular weight excluding hydrogens is 1060 g/mol. The molecule has 0 spiro atoms. The minimum atomic E-state index is -1.66. The molecule has 1 saturated carbocycles. The third kappa shape index (κ3) is 24.6. The van der Waals surface area contributed by atoms with Gasteiger partial charge < -0.3 is 86.3 Å². The Hall–Kier alpha value is -6.32. The van der Waals surface area contributed by atoms with Gasteiger partial charge >= 0.3 is 0 Å². The van der Waals surface area contributed by atoms with Crippen molar-refractivity contribution in [2.24, 2.45) is 34.8 Å². The van der Waals surface area contributed by atoms with Gasteiger partial charge in [0.15, 0.2) is 0 Å². The molecule has 2 fully saturated rings. The first-order chi connectivity index (χ1) is 39.1. The van der Waals surface area contributed by atoms with Crippen LogP contribution >= 0.6 is 0 Å². The van der Waals surface area contributed by atoms with Crippen LogP contribution in [-0.4, -0.2) is 169 Å². The summed E-state index contributed by atoms with van der Waals surface area (Å²) in [5, 5.41) is 47.7. The zero-order valence-electron chi connectivity index (χ0n) is 48.4. The molecule has 3 rings (SSSR count). The van der Waals surface area contributed by atoms with Gasteiger partial charge in [0.05, 0.1) is 12.2 Å². The largest absolute Gasteiger partial charge is 0.391 e. The van der Waals surface area contributed by atoms with Gasteiger partial charge in [-0.25, -0.2) is 0 Å². The van der Waals surface area contributed by atoms with Gasteiger partial charge in [0.1, 0.15) is 54.4 Å². The van der Waals surface area contributed by atoms with Crippen LogP contribution in [0.4, 0.5) is 0 Å². The van der Waals surface area contributed by atoms with Gasteiger partial charge in [-0.15, -0.1) is 0 Å². The second kappa shape index (κ2) is 37.7. The van der Waals surface area contributed by atoms with Crippen LogP contribution in [0.5, 0.6) is 0 Å². The van der Waals surface area contributed by atoms with Crippen LogP contribution in [0.2, 0.25) is 0 Å². The normalized spacial score (nSPS) is 24.8. The molecule has 462 valence electrons. The molecule has 1 aliphatic heterocycles. The van der Waals surface area contributed by atoms with E-state index in [-0.39, 0.29) is 70.6 Å². The minimum absolute atomic E-state index is 0.0639. The molecule has 0 unspecified atom stereocenters. The maximum Gasteiger partial charge on any atom is 0.245 e. The van der Waals surface area contributed by atoms with Crippen LogP contribution in [0.1, 0.15) is 142 Å². The quantitative estimate of drug-likeness (QED) is 0.0629. The van der Waals surface area contributed by atoms with Crippen molar-refractivity contribution in [1.82, 2.24) is 53.2 Å². The lowest BCUT2D eigenvalue weighted by atomic mass is 9.92. The molecule has 26 nitrogen and oxygen atoms in total. The number of carbonyl (C=O) groups excluding carboxylic acids is 10. The van der Waals surface area contributed by atoms with E-state index in [0.717, 1.165) is 51.4 Å². The van der Waals surface area contributed by atoms with Crippen LogP contribution in [0, 0.1) is 11.8 Å². The molecule has 0 aromatic heterocycles. The van der Waals surface area contributed by atoms with Gasteiger partial charge in [0.2, 0.25) is 59.1 Å². The lowest BCUT2D eigenvalue weighted by Crippen LogP contribution is -2.61. The van der Waals surface area contributed by atoms with Crippen molar-refractivity contribution in [2.75, 3.05) is 32.7 Å². The van der Waals surface area contributed by atoms with E-state index in [1.807, 2.05) is 0 Å². The topological polar surface area (TPSA) is 436 Å². The van der Waals surface area contributed by atoms with Crippen molar-refractivity contribution in [3.05, 3.63) is 35.9 Å². The molecule has 1 aromatic rings. The fourth-order valence-electron chi connectivity index (χ4n) is 9.88. The van der Waals surface area contributed by atoms with Crippen molar-refractivity contribution in [1.29, 1.82) is 0 Å². The second-order valence-electron chi connectivity index (χ2n) is 22.0. The van der Waals surface area contributed by atoms with Crippen LogP contribution in [-0.2, 0) is 54.4 Å². The Bertz CT molecular complexity index is 2190. The highest BCUT2D eigenvalue weighted by molar-refractivity contribution is 5.99. The summed E-state index contributed by atoms with van der Waals surface area (Å²) in [4.78, 5) is 141. The molecule has 20 N–H and O–H groups in total. The average molecular weight is 1160 g/mol. The zero-order chi connectivity index (χ0) is 60.7. The second-order valence-corrected chi connectivity index (χ2v) is 22.0. The Balaban J connectivity index is 2.08. The van der Waals surface area contributed by atoms with Gasteiger partial charge in [0, 0.05) is 18.9 Å². The highest BCUT2D eigenvalue weighted by atomic mass is 16.3. The van der Waals surface area contributed by atoms with Crippen molar-refractivity contribution >= 4 is 59.1 Å². The van der Waals surface area contributed by atoms with Gasteiger partial charge in [0.25, 0.3) is 0 Å². The number of hydrogen-bond acceptors (Lipinski definition) is 16. The molecule has 10 amide bonds. The molecular formula is C56H96N14O12. The fourth-order valence-corrected chi connectivity index (χ4v) is 9.88. The molecule has 82 heavy (non-hydrogen) atoms. The van der Waals surface area contributed by atoms with Crippen LogP contribution in [0.15, 0.2) is 30.3 Å². The van der Waals surface area contributed by atoms with Crippen LogP contribution in [0.3, 0.4) is 0 Å². The van der Waals surface area contributed by atoms with Crippen molar-refractivity contribution < 1.29 is 58.2 Å². The Morgan fingerprint density at radius 3 is 1.50 bits per heavy atom. The maximum absolute atomic E-state index is 14.5. The van der Waals surface area contributed by atoms with Gasteiger partial charge in [-0.3, -0.25) is 47.9 Å². The summed E-state index contributed by atoms with van der Waals surface area (Å²) in [6.45, 7) is 5.18. The summed E-state index contributed by atoms with van der Waals surface area (Å²) in [6.07, 6.45) is 6.36. The summed E-state index contributed by atoms with van der Waals surface area (Å²) in [6, 6.07) is -4.42. The Morgan fingerprint density at radius 2 is 1.01 bits per heavy atom. The van der Waals surface area contributed by atoms with E-state index in [1.165, 1.54) is 20.3 Å². The number of aliphatic hydroxyl groups excluding tert-OH is 2. The number of rotatable bonds is 20. The van der Waals surface area contributed by atoms with E-state index in [1.54, 1.807) is 44.2 Å². The predicted molar refractivity (Wildman–Crippen MR) is 307 cm³/mol. The highest BCUT2D eigenvalue weighted by Gasteiger charge is 2.37. The lowest BCUT2D eigenvalue weighted by Gasteiger charge is -2.29. The number of amides is 10. The molecule has 1 aromatic carbocycles. The van der Waals surface area contributed by atoms with E-state index in [4.69, 9.17) is 22.9 Å². The number of carbonyl (C=O) groups is 10. The van der Waals surface area contributed by atoms with E-state index >= 15 is 0 Å². The number of hydrogen-bond donors (Lipinski definition) is 16. The summed E-state index contributed by atoms with van der Waals surface area (Å²) < 4.78 is 0. The molecule has 2 aliphatic rings. The minimum Gasteiger partial charge on any atom is -0.391 e. The third-order valence-corrected chi connectivity index (χ3v) is 14.6. The molecule has 1 saturated heterocycles. The summed E-state index contributed by atoms with van der Waals surface area (Å²) in [5.41, 5.74) is 24.2. The van der Waals surface area contributed by atoms with E-state index in [0.29, 0.717) is 18.4 Å². The standard InChI is InChI=1S/C56H96N14O12/c1-33(2)31-43-53(79)64-38(21-26-57)48(74)63-41(24-29-60)52(78)70-45(34(3)71)55(81)61-30-25-42(51(77)62-39(22-27-58)50(76)68-44(54(80)67-43)32-36-17-13-12-14-18-36)65-49(75)40(23-28-59)66-56(82)46(35(4)72)69-47(73)37-19-15-10-8-6-5-7-9-11-16-20-37/h12-14,17-18,33-35,37-46,71-72H,5-11,15-16,19-32,57-60H2,1-4H3,(H,61,81)(H,62,77)(H,63,74)(H,64,79)(H,65,75)(H,66,82)(H,67,80)(H,68,76)(H,69,73)(H,70,78)/t34-,35-,38+,39+,40+,41+,42+,43+,44-,45+,46+/m1/s1. The monoisotopic (exact) mass is 1160 g/mol. The van der Waals surface area contributed by atoms with Crippen molar-refractivity contribution in [2.45, 2.75) is 210 Å². The maximum atomic E-state index is 14.5. The Labute approximate surface area is 482 Å². The molecule has 1 aliphatic carbocycles. The van der Waals surface area contributed by atoms with E-state index in [2.05, 4.69) is 53.2 Å². The Kier molecular flexibility index (Phi) is 32.2. The smallest absolute Gasteiger partial charge is 0.245 e. The zero-order valence-corrected chi connectivity index (χ0v) is 48.4. The fraction of sp³-hybridized carbons (Fsp3) is 0.714. The van der Waals surface area contributed by atoms with Crippen LogP contribution < -0.4 is 76.1 Å².